The minimum Gasteiger partial charge on any atom is -0.618 e. The van der Waals surface area contributed by atoms with E-state index in [1.807, 2.05) is 0 Å². The van der Waals surface area contributed by atoms with E-state index < -0.39 is 23.8 Å². The number of hydrogen-bond donors (Lipinski definition) is 1. The van der Waals surface area contributed by atoms with Crippen molar-refractivity contribution in [2.45, 2.75) is 13.0 Å². The van der Waals surface area contributed by atoms with Crippen LogP contribution >= 0.6 is 15.9 Å². The Bertz CT molecular complexity index is 754. The molecule has 8 heteroatoms. The molecule has 0 unspecified atom stereocenters. The van der Waals surface area contributed by atoms with Crippen LogP contribution in [0, 0.1) is 11.0 Å². The van der Waals surface area contributed by atoms with Crippen LogP contribution in [0.15, 0.2) is 47.1 Å². The molecule has 1 heterocycles. The second-order valence-electron chi connectivity index (χ2n) is 4.57. The first-order chi connectivity index (χ1) is 10.9. The molecular weight excluding hydrogens is 371 g/mol. The molecule has 0 radical (unpaired) electrons. The van der Waals surface area contributed by atoms with E-state index in [9.17, 15) is 19.2 Å². The molecule has 0 saturated heterocycles. The summed E-state index contributed by atoms with van der Waals surface area (Å²) in [6.07, 6.45) is -0.0656. The van der Waals surface area contributed by atoms with E-state index in [0.717, 1.165) is 6.20 Å². The second kappa shape index (κ2) is 7.19. The van der Waals surface area contributed by atoms with E-state index in [0.29, 0.717) is 9.20 Å². The molecule has 1 aromatic carbocycles. The first kappa shape index (κ1) is 16.9. The van der Waals surface area contributed by atoms with Crippen molar-refractivity contribution in [2.24, 2.45) is 0 Å². The third kappa shape index (κ3) is 4.26. The number of pyridine rings is 1. The highest BCUT2D eigenvalue weighted by molar-refractivity contribution is 9.10. The Morgan fingerprint density at radius 3 is 2.74 bits per heavy atom. The summed E-state index contributed by atoms with van der Waals surface area (Å²) in [6.45, 7) is 1.32. The Labute approximate surface area is 139 Å². The fraction of sp³-hybridized carbons (Fsp3) is 0.133. The molecule has 0 aliphatic heterocycles. The van der Waals surface area contributed by atoms with Crippen LogP contribution in [0.4, 0.5) is 10.1 Å². The van der Waals surface area contributed by atoms with Gasteiger partial charge >= 0.3 is 11.7 Å². The van der Waals surface area contributed by atoms with Crippen LogP contribution in [0.1, 0.15) is 17.4 Å². The summed E-state index contributed by atoms with van der Waals surface area (Å²) in [5, 5.41) is 13.8. The highest BCUT2D eigenvalue weighted by Gasteiger charge is 2.24. The molecule has 0 aliphatic rings. The molecule has 6 nitrogen and oxygen atoms in total. The summed E-state index contributed by atoms with van der Waals surface area (Å²) in [5.74, 6) is -2.29. The van der Waals surface area contributed by atoms with E-state index in [1.54, 1.807) is 6.07 Å². The van der Waals surface area contributed by atoms with Crippen molar-refractivity contribution < 1.29 is 23.4 Å². The third-order valence-corrected chi connectivity index (χ3v) is 3.37. The van der Waals surface area contributed by atoms with E-state index in [-0.39, 0.29) is 11.4 Å². The van der Waals surface area contributed by atoms with Gasteiger partial charge in [0.1, 0.15) is 5.82 Å². The molecule has 120 valence electrons. The van der Waals surface area contributed by atoms with Gasteiger partial charge in [-0.3, -0.25) is 4.79 Å². The number of nitrogens with zero attached hydrogens (tertiary/aromatic N) is 1. The molecule has 0 spiro atoms. The van der Waals surface area contributed by atoms with Crippen LogP contribution in [0.5, 0.6) is 0 Å². The number of nitrogens with one attached hydrogen (secondary N) is 1. The molecule has 1 N–H and O–H groups in total. The highest BCUT2D eigenvalue weighted by atomic mass is 79.9. The molecule has 1 amide bonds. The van der Waals surface area contributed by atoms with Gasteiger partial charge in [0.15, 0.2) is 12.3 Å². The summed E-state index contributed by atoms with van der Waals surface area (Å²) in [4.78, 5) is 23.8. The minimum absolute atomic E-state index is 0.0419. The second-order valence-corrected chi connectivity index (χ2v) is 5.49. The van der Waals surface area contributed by atoms with Crippen LogP contribution in [-0.2, 0) is 9.53 Å². The smallest absolute Gasteiger partial charge is 0.405 e. The first-order valence-corrected chi connectivity index (χ1v) is 7.33. The molecule has 0 fully saturated rings. The summed E-state index contributed by atoms with van der Waals surface area (Å²) in [5.41, 5.74) is -0.290. The van der Waals surface area contributed by atoms with Gasteiger partial charge in [0.05, 0.1) is 5.69 Å². The van der Waals surface area contributed by atoms with Crippen LogP contribution in [0.3, 0.4) is 0 Å². The number of amides is 1. The van der Waals surface area contributed by atoms with Gasteiger partial charge in [-0.2, -0.15) is 4.73 Å². The van der Waals surface area contributed by atoms with Gasteiger partial charge < -0.3 is 15.3 Å². The maximum Gasteiger partial charge on any atom is 0.405 e. The van der Waals surface area contributed by atoms with E-state index in [4.69, 9.17) is 4.74 Å². The minimum atomic E-state index is -1.20. The van der Waals surface area contributed by atoms with E-state index >= 15 is 0 Å². The van der Waals surface area contributed by atoms with E-state index in [1.165, 1.54) is 37.3 Å². The average molecular weight is 383 g/mol. The maximum atomic E-state index is 13.7. The Balaban J connectivity index is 2.03. The number of aromatic nitrogens is 1. The summed E-state index contributed by atoms with van der Waals surface area (Å²) < 4.78 is 19.4. The maximum absolute atomic E-state index is 13.7. The number of hydrogen-bond acceptors (Lipinski definition) is 4. The lowest BCUT2D eigenvalue weighted by atomic mass is 10.3. The molecule has 0 aliphatic carbocycles. The number of anilines is 1. The number of halogens is 2. The molecule has 1 aromatic heterocycles. The Morgan fingerprint density at radius 2 is 2.09 bits per heavy atom. The first-order valence-electron chi connectivity index (χ1n) is 6.53. The molecule has 0 bridgehead atoms. The van der Waals surface area contributed by atoms with Gasteiger partial charge in [0.2, 0.25) is 0 Å². The molecule has 1 atom stereocenters. The normalized spacial score (nSPS) is 11.6. The standard InChI is InChI=1S/C15H12BrFN2O4/c1-9(23-15(21)13-4-2-3-7-19(13)22)14(20)18-12-6-5-10(16)8-11(12)17/h2-9H,1H3,(H,18,20)/t9-/m0/s1. The van der Waals surface area contributed by atoms with Gasteiger partial charge in [0, 0.05) is 16.6 Å². The predicted molar refractivity (Wildman–Crippen MR) is 83.0 cm³/mol. The van der Waals surface area contributed by atoms with Gasteiger partial charge in [-0.1, -0.05) is 15.9 Å². The zero-order valence-electron chi connectivity index (χ0n) is 12.0. The van der Waals surface area contributed by atoms with Crippen molar-refractivity contribution in [3.05, 3.63) is 63.8 Å². The summed E-state index contributed by atoms with van der Waals surface area (Å²) in [6, 6.07) is 8.34. The lowest BCUT2D eigenvalue weighted by Crippen LogP contribution is -2.37. The zero-order valence-corrected chi connectivity index (χ0v) is 13.5. The van der Waals surface area contributed by atoms with Gasteiger partial charge in [0.25, 0.3) is 5.91 Å². The van der Waals surface area contributed by atoms with Crippen molar-refractivity contribution in [2.75, 3.05) is 5.32 Å². The van der Waals surface area contributed by atoms with Gasteiger partial charge in [-0.05, 0) is 31.2 Å². The fourth-order valence-electron chi connectivity index (χ4n) is 1.69. The molecular formula is C15H12BrFN2O4. The lowest BCUT2D eigenvalue weighted by Gasteiger charge is -2.13. The molecule has 2 rings (SSSR count). The number of benzene rings is 1. The van der Waals surface area contributed by atoms with Crippen molar-refractivity contribution >= 4 is 33.5 Å². The topological polar surface area (TPSA) is 82.3 Å². The number of carbonyl (C=O) groups excluding carboxylic acids is 2. The molecule has 2 aromatic rings. The largest absolute Gasteiger partial charge is 0.618 e. The van der Waals surface area contributed by atoms with Crippen LogP contribution in [0.25, 0.3) is 0 Å². The van der Waals surface area contributed by atoms with Crippen molar-refractivity contribution in [3.63, 3.8) is 0 Å². The summed E-state index contributed by atoms with van der Waals surface area (Å²) in [7, 11) is 0. The highest BCUT2D eigenvalue weighted by Crippen LogP contribution is 2.19. The zero-order chi connectivity index (χ0) is 17.0. The Hall–Kier alpha value is -2.48. The van der Waals surface area contributed by atoms with Crippen LogP contribution in [0.2, 0.25) is 0 Å². The summed E-state index contributed by atoms with van der Waals surface area (Å²) >= 11 is 3.10. The van der Waals surface area contributed by atoms with Crippen LogP contribution in [-0.4, -0.2) is 18.0 Å². The average Bonchev–Trinajstić information content (AvgIpc) is 2.50. The van der Waals surface area contributed by atoms with Gasteiger partial charge in [-0.25, -0.2) is 9.18 Å². The van der Waals surface area contributed by atoms with Crippen LogP contribution < -0.4 is 10.0 Å². The van der Waals surface area contributed by atoms with Crippen molar-refractivity contribution in [1.82, 2.24) is 0 Å². The Kier molecular flexibility index (Phi) is 5.28. The molecule has 23 heavy (non-hydrogen) atoms. The number of carbonyl (C=O) groups is 2. The third-order valence-electron chi connectivity index (χ3n) is 2.88. The SMILES string of the molecule is C[C@H](OC(=O)c1cccc[n+]1[O-])C(=O)Nc1ccc(Br)cc1F. The molecule has 0 saturated carbocycles. The fourth-order valence-corrected chi connectivity index (χ4v) is 2.02. The lowest BCUT2D eigenvalue weighted by molar-refractivity contribution is -0.608. The number of rotatable bonds is 4. The van der Waals surface area contributed by atoms with Crippen molar-refractivity contribution in [3.8, 4) is 0 Å². The number of ether oxygens (including phenoxy) is 1. The number of esters is 1. The monoisotopic (exact) mass is 382 g/mol. The Morgan fingerprint density at radius 1 is 1.35 bits per heavy atom. The van der Waals surface area contributed by atoms with Gasteiger partial charge in [-0.15, -0.1) is 0 Å². The quantitative estimate of drug-likeness (QED) is 0.500. The predicted octanol–water partition coefficient (Wildman–Crippen LogP) is 2.41. The van der Waals surface area contributed by atoms with E-state index in [2.05, 4.69) is 21.2 Å². The van der Waals surface area contributed by atoms with Crippen molar-refractivity contribution in [1.29, 1.82) is 0 Å².